The number of nitrogens with one attached hydrogen (secondary N) is 1. The molecule has 1 fully saturated rings. The third-order valence-electron chi connectivity index (χ3n) is 5.36. The van der Waals surface area contributed by atoms with E-state index in [0.717, 1.165) is 17.5 Å². The molecule has 2 aromatic carbocycles. The van der Waals surface area contributed by atoms with Gasteiger partial charge in [-0.3, -0.25) is 4.79 Å². The number of carbonyl (C=O) groups excluding carboxylic acids is 1. The highest BCUT2D eigenvalue weighted by Crippen LogP contribution is 2.32. The fourth-order valence-corrected chi connectivity index (χ4v) is 4.80. The van der Waals surface area contributed by atoms with Crippen molar-refractivity contribution in [1.29, 1.82) is 0 Å². The van der Waals surface area contributed by atoms with Crippen LogP contribution in [0.3, 0.4) is 0 Å². The number of benzene rings is 2. The average Bonchev–Trinajstić information content (AvgIpc) is 3.44. The Bertz CT molecular complexity index is 1190. The summed E-state index contributed by atoms with van der Waals surface area (Å²) in [5.74, 6) is 0.646. The van der Waals surface area contributed by atoms with Crippen LogP contribution in [0, 0.1) is 6.92 Å². The molecule has 8 nitrogen and oxygen atoms in total. The van der Waals surface area contributed by atoms with Gasteiger partial charge in [-0.15, -0.1) is 0 Å². The molecule has 168 valence electrons. The first-order valence-electron chi connectivity index (χ1n) is 10.3. The van der Waals surface area contributed by atoms with Crippen molar-refractivity contribution in [2.75, 3.05) is 13.1 Å². The number of hydrogen-bond acceptors (Lipinski definition) is 6. The molecule has 1 aromatic heterocycles. The van der Waals surface area contributed by atoms with Crippen molar-refractivity contribution in [1.82, 2.24) is 19.8 Å². The lowest BCUT2D eigenvalue weighted by atomic mass is 10.2. The molecule has 1 aliphatic heterocycles. The summed E-state index contributed by atoms with van der Waals surface area (Å²) in [6, 6.07) is 13.3. The Kier molecular flexibility index (Phi) is 6.59. The van der Waals surface area contributed by atoms with E-state index < -0.39 is 10.0 Å². The number of halogens is 1. The normalized spacial score (nSPS) is 16.4. The maximum Gasteiger partial charge on any atom is 0.249 e. The Morgan fingerprint density at radius 3 is 2.62 bits per heavy atom. The van der Waals surface area contributed by atoms with Crippen LogP contribution < -0.4 is 4.72 Å². The zero-order valence-corrected chi connectivity index (χ0v) is 19.1. The minimum absolute atomic E-state index is 0.0120. The second-order valence-corrected chi connectivity index (χ2v) is 9.87. The molecular weight excluding hydrogens is 452 g/mol. The molecule has 0 aliphatic carbocycles. The van der Waals surface area contributed by atoms with Crippen LogP contribution in [0.25, 0.3) is 11.4 Å². The van der Waals surface area contributed by atoms with Gasteiger partial charge in [0.2, 0.25) is 27.6 Å². The van der Waals surface area contributed by atoms with Crippen LogP contribution >= 0.6 is 11.6 Å². The summed E-state index contributed by atoms with van der Waals surface area (Å²) in [4.78, 5) is 19.1. The molecule has 0 bridgehead atoms. The van der Waals surface area contributed by atoms with E-state index in [2.05, 4.69) is 14.9 Å². The Hall–Kier alpha value is -2.75. The molecule has 3 aromatic rings. The van der Waals surface area contributed by atoms with Crippen LogP contribution in [0.5, 0.6) is 0 Å². The van der Waals surface area contributed by atoms with Gasteiger partial charge >= 0.3 is 0 Å². The number of nitrogens with zero attached hydrogens (tertiary/aromatic N) is 3. The molecule has 0 radical (unpaired) electrons. The highest BCUT2D eigenvalue weighted by molar-refractivity contribution is 7.89. The number of hydrogen-bond donors (Lipinski definition) is 1. The average molecular weight is 475 g/mol. The van der Waals surface area contributed by atoms with E-state index in [-0.39, 0.29) is 29.8 Å². The summed E-state index contributed by atoms with van der Waals surface area (Å²) in [5.41, 5.74) is 1.74. The lowest BCUT2D eigenvalue weighted by molar-refractivity contribution is -0.132. The molecule has 1 aliphatic rings. The Morgan fingerprint density at radius 1 is 1.19 bits per heavy atom. The van der Waals surface area contributed by atoms with Crippen molar-refractivity contribution in [2.24, 2.45) is 0 Å². The number of aromatic nitrogens is 2. The van der Waals surface area contributed by atoms with E-state index in [4.69, 9.17) is 16.1 Å². The zero-order chi connectivity index (χ0) is 22.7. The number of amides is 1. The van der Waals surface area contributed by atoms with Gasteiger partial charge in [0.05, 0.1) is 4.90 Å². The fraction of sp³-hybridized carbons (Fsp3) is 0.318. The van der Waals surface area contributed by atoms with Gasteiger partial charge in [-0.25, -0.2) is 13.1 Å². The summed E-state index contributed by atoms with van der Waals surface area (Å²) in [6.45, 7) is 2.46. The first-order chi connectivity index (χ1) is 15.3. The minimum atomic E-state index is -3.66. The quantitative estimate of drug-likeness (QED) is 0.559. The second-order valence-electron chi connectivity index (χ2n) is 7.67. The molecule has 10 heteroatoms. The van der Waals surface area contributed by atoms with Gasteiger partial charge in [0, 0.05) is 30.1 Å². The van der Waals surface area contributed by atoms with E-state index in [1.165, 1.54) is 0 Å². The highest BCUT2D eigenvalue weighted by Gasteiger charge is 2.34. The number of sulfonamides is 1. The molecule has 0 unspecified atom stereocenters. The van der Waals surface area contributed by atoms with Crippen molar-refractivity contribution in [3.05, 3.63) is 65.0 Å². The number of aryl methyl sites for hydroxylation is 1. The predicted octanol–water partition coefficient (Wildman–Crippen LogP) is 3.73. The standard InChI is InChI=1S/C22H23ClN4O4S/c1-15-4-10-18(11-5-15)32(29,30)24-13-12-20(28)27-14-2-3-19(27)22-25-21(26-31-22)16-6-8-17(23)9-7-16/h4-11,19,24H,2-3,12-14H2,1H3/t19-/m1/s1. The van der Waals surface area contributed by atoms with Crippen LogP contribution in [0.2, 0.25) is 5.02 Å². The lowest BCUT2D eigenvalue weighted by Gasteiger charge is -2.22. The van der Waals surface area contributed by atoms with Gasteiger partial charge in [-0.2, -0.15) is 4.98 Å². The summed E-state index contributed by atoms with van der Waals surface area (Å²) in [5, 5.41) is 4.64. The van der Waals surface area contributed by atoms with Gasteiger partial charge in [-0.1, -0.05) is 34.5 Å². The first-order valence-corrected chi connectivity index (χ1v) is 12.1. The molecule has 0 saturated carbocycles. The van der Waals surface area contributed by atoms with E-state index in [1.807, 2.05) is 6.92 Å². The minimum Gasteiger partial charge on any atom is -0.337 e. The predicted molar refractivity (Wildman–Crippen MR) is 119 cm³/mol. The van der Waals surface area contributed by atoms with Gasteiger partial charge in [-0.05, 0) is 56.2 Å². The third-order valence-corrected chi connectivity index (χ3v) is 7.09. The largest absolute Gasteiger partial charge is 0.337 e. The van der Waals surface area contributed by atoms with Crippen LogP contribution in [0.4, 0.5) is 0 Å². The smallest absolute Gasteiger partial charge is 0.249 e. The molecule has 0 spiro atoms. The van der Waals surface area contributed by atoms with Crippen molar-refractivity contribution in [3.8, 4) is 11.4 Å². The van der Waals surface area contributed by atoms with Crippen LogP contribution in [0.15, 0.2) is 57.9 Å². The highest BCUT2D eigenvalue weighted by atomic mass is 35.5. The van der Waals surface area contributed by atoms with Crippen molar-refractivity contribution >= 4 is 27.5 Å². The monoisotopic (exact) mass is 474 g/mol. The summed E-state index contributed by atoms with van der Waals surface area (Å²) in [7, 11) is -3.66. The SMILES string of the molecule is Cc1ccc(S(=O)(=O)NCCC(=O)N2CCC[C@@H]2c2nc(-c3ccc(Cl)cc3)no2)cc1. The van der Waals surface area contributed by atoms with E-state index in [0.29, 0.717) is 29.7 Å². The van der Waals surface area contributed by atoms with Crippen LogP contribution in [-0.4, -0.2) is 42.5 Å². The number of likely N-dealkylation sites (tertiary alicyclic amines) is 1. The van der Waals surface area contributed by atoms with E-state index in [9.17, 15) is 13.2 Å². The molecule has 1 atom stereocenters. The Labute approximate surface area is 191 Å². The molecule has 4 rings (SSSR count). The first kappa shape index (κ1) is 22.4. The number of carbonyl (C=O) groups is 1. The summed E-state index contributed by atoms with van der Waals surface area (Å²) < 4.78 is 32.8. The maximum atomic E-state index is 12.8. The molecule has 1 saturated heterocycles. The molecule has 2 heterocycles. The van der Waals surface area contributed by atoms with Crippen LogP contribution in [0.1, 0.15) is 36.8 Å². The van der Waals surface area contributed by atoms with Crippen molar-refractivity contribution < 1.29 is 17.7 Å². The summed E-state index contributed by atoms with van der Waals surface area (Å²) >= 11 is 5.92. The van der Waals surface area contributed by atoms with E-state index in [1.54, 1.807) is 53.4 Å². The fourth-order valence-electron chi connectivity index (χ4n) is 3.65. The Morgan fingerprint density at radius 2 is 1.91 bits per heavy atom. The molecular formula is C22H23ClN4O4S. The molecule has 1 amide bonds. The summed E-state index contributed by atoms with van der Waals surface area (Å²) in [6.07, 6.45) is 1.56. The lowest BCUT2D eigenvalue weighted by Crippen LogP contribution is -2.34. The topological polar surface area (TPSA) is 105 Å². The van der Waals surface area contributed by atoms with Gasteiger partial charge in [0.15, 0.2) is 0 Å². The molecule has 32 heavy (non-hydrogen) atoms. The van der Waals surface area contributed by atoms with E-state index >= 15 is 0 Å². The maximum absolute atomic E-state index is 12.8. The van der Waals surface area contributed by atoms with Crippen molar-refractivity contribution in [2.45, 2.75) is 37.1 Å². The van der Waals surface area contributed by atoms with Gasteiger partial charge in [0.25, 0.3) is 0 Å². The second kappa shape index (κ2) is 9.40. The van der Waals surface area contributed by atoms with Crippen molar-refractivity contribution in [3.63, 3.8) is 0 Å². The van der Waals surface area contributed by atoms with Crippen LogP contribution in [-0.2, 0) is 14.8 Å². The van der Waals surface area contributed by atoms with Gasteiger partial charge < -0.3 is 9.42 Å². The zero-order valence-electron chi connectivity index (χ0n) is 17.5. The molecule has 1 N–H and O–H groups in total. The van der Waals surface area contributed by atoms with Gasteiger partial charge in [0.1, 0.15) is 6.04 Å². The number of rotatable bonds is 7. The third kappa shape index (κ3) is 5.01. The Balaban J connectivity index is 1.37.